The predicted octanol–water partition coefficient (Wildman–Crippen LogP) is 3.03. The summed E-state index contributed by atoms with van der Waals surface area (Å²) in [6, 6.07) is 3.92. The van der Waals surface area contributed by atoms with E-state index in [4.69, 9.17) is 5.11 Å². The van der Waals surface area contributed by atoms with Crippen molar-refractivity contribution in [3.05, 3.63) is 34.6 Å². The van der Waals surface area contributed by atoms with E-state index >= 15 is 0 Å². The van der Waals surface area contributed by atoms with Gasteiger partial charge in [-0.05, 0) is 62.8 Å². The van der Waals surface area contributed by atoms with Crippen molar-refractivity contribution in [3.63, 3.8) is 0 Å². The van der Waals surface area contributed by atoms with Crippen LogP contribution in [-0.2, 0) is 11.3 Å². The monoisotopic (exact) mass is 362 g/mol. The third-order valence-corrected chi connectivity index (χ3v) is 6.16. The highest BCUT2D eigenvalue weighted by molar-refractivity contribution is 5.77. The molecule has 2 aliphatic rings. The Kier molecular flexibility index (Phi) is 5.98. The van der Waals surface area contributed by atoms with E-state index in [0.717, 1.165) is 56.6 Å². The molecule has 1 aromatic carbocycles. The number of piperidine rings is 2. The Balaban J connectivity index is 1.69. The first kappa shape index (κ1) is 19.3. The lowest BCUT2D eigenvalue weighted by atomic mass is 9.73. The third-order valence-electron chi connectivity index (χ3n) is 6.16. The Labute approximate surface area is 156 Å². The van der Waals surface area contributed by atoms with E-state index in [1.165, 1.54) is 0 Å². The Morgan fingerprint density at radius 1 is 1.23 bits per heavy atom. The van der Waals surface area contributed by atoms with Gasteiger partial charge in [0.15, 0.2) is 0 Å². The summed E-state index contributed by atoms with van der Waals surface area (Å²) in [6.07, 6.45) is 4.47. The lowest BCUT2D eigenvalue weighted by Gasteiger charge is -2.48. The number of aliphatic hydroxyl groups is 1. The number of rotatable bonds is 5. The maximum absolute atomic E-state index is 14.2. The SMILES string of the molecule is Cc1ccc(CN2CCCC3(CCC(=O)N(CCCO)C3)C2)c(C)c1F. The van der Waals surface area contributed by atoms with Crippen molar-refractivity contribution in [1.29, 1.82) is 0 Å². The van der Waals surface area contributed by atoms with Crippen LogP contribution in [0.15, 0.2) is 12.1 Å². The van der Waals surface area contributed by atoms with E-state index in [2.05, 4.69) is 4.90 Å². The Hall–Kier alpha value is -1.46. The maximum atomic E-state index is 14.2. The zero-order valence-electron chi connectivity index (χ0n) is 16.1. The minimum atomic E-state index is -0.0901. The number of likely N-dealkylation sites (tertiary alicyclic amines) is 2. The van der Waals surface area contributed by atoms with Crippen LogP contribution in [0.3, 0.4) is 0 Å². The first-order valence-electron chi connectivity index (χ1n) is 9.80. The van der Waals surface area contributed by atoms with E-state index in [-0.39, 0.29) is 23.7 Å². The van der Waals surface area contributed by atoms with Gasteiger partial charge in [0, 0.05) is 44.6 Å². The van der Waals surface area contributed by atoms with Crippen LogP contribution >= 0.6 is 0 Å². The van der Waals surface area contributed by atoms with Crippen LogP contribution in [-0.4, -0.2) is 53.6 Å². The Bertz CT molecular complexity index is 664. The summed E-state index contributed by atoms with van der Waals surface area (Å²) in [4.78, 5) is 16.6. The topological polar surface area (TPSA) is 43.8 Å². The second-order valence-electron chi connectivity index (χ2n) is 8.19. The number of carbonyl (C=O) groups is 1. The Morgan fingerprint density at radius 3 is 2.81 bits per heavy atom. The molecule has 1 unspecified atom stereocenters. The molecule has 1 N–H and O–H groups in total. The minimum Gasteiger partial charge on any atom is -0.396 e. The van der Waals surface area contributed by atoms with Gasteiger partial charge in [-0.15, -0.1) is 0 Å². The summed E-state index contributed by atoms with van der Waals surface area (Å²) in [5.41, 5.74) is 2.67. The highest BCUT2D eigenvalue weighted by Gasteiger charge is 2.41. The molecule has 0 radical (unpaired) electrons. The van der Waals surface area contributed by atoms with Gasteiger partial charge in [0.25, 0.3) is 0 Å². The molecule has 0 aromatic heterocycles. The van der Waals surface area contributed by atoms with Crippen LogP contribution in [0.5, 0.6) is 0 Å². The number of aliphatic hydroxyl groups excluding tert-OH is 1. The number of aryl methyl sites for hydroxylation is 1. The molecule has 1 amide bonds. The second-order valence-corrected chi connectivity index (χ2v) is 8.19. The predicted molar refractivity (Wildman–Crippen MR) is 100 cm³/mol. The number of benzene rings is 1. The summed E-state index contributed by atoms with van der Waals surface area (Å²) >= 11 is 0. The molecule has 2 aliphatic heterocycles. The largest absolute Gasteiger partial charge is 0.396 e. The fourth-order valence-corrected chi connectivity index (χ4v) is 4.62. The van der Waals surface area contributed by atoms with Gasteiger partial charge in [-0.25, -0.2) is 4.39 Å². The highest BCUT2D eigenvalue weighted by atomic mass is 19.1. The Morgan fingerprint density at radius 2 is 2.04 bits per heavy atom. The quantitative estimate of drug-likeness (QED) is 0.876. The molecule has 0 bridgehead atoms. The summed E-state index contributed by atoms with van der Waals surface area (Å²) < 4.78 is 14.2. The summed E-state index contributed by atoms with van der Waals surface area (Å²) in [6.45, 7) is 8.01. The fraction of sp³-hybridized carbons (Fsp3) is 0.667. The standard InChI is InChI=1S/C21H31FN2O2/c1-16-5-6-18(17(2)20(16)22)13-23-10-3-8-21(14-23)9-7-19(26)24(15-21)11-4-12-25/h5-6,25H,3-4,7-15H2,1-2H3. The molecule has 1 spiro atoms. The normalized spacial score (nSPS) is 24.5. The van der Waals surface area contributed by atoms with Gasteiger partial charge in [-0.1, -0.05) is 12.1 Å². The van der Waals surface area contributed by atoms with Crippen molar-refractivity contribution in [3.8, 4) is 0 Å². The van der Waals surface area contributed by atoms with Crippen molar-refractivity contribution in [2.75, 3.05) is 32.8 Å². The van der Waals surface area contributed by atoms with Crippen LogP contribution in [0.25, 0.3) is 0 Å². The van der Waals surface area contributed by atoms with Crippen LogP contribution in [0.1, 0.15) is 48.8 Å². The van der Waals surface area contributed by atoms with Crippen LogP contribution in [0.2, 0.25) is 0 Å². The van der Waals surface area contributed by atoms with Gasteiger partial charge in [0.1, 0.15) is 5.82 Å². The average molecular weight is 362 g/mol. The number of amides is 1. The number of hydrogen-bond donors (Lipinski definition) is 1. The molecule has 26 heavy (non-hydrogen) atoms. The van der Waals surface area contributed by atoms with Crippen molar-refractivity contribution < 1.29 is 14.3 Å². The molecule has 2 fully saturated rings. The van der Waals surface area contributed by atoms with E-state index in [1.807, 2.05) is 30.9 Å². The molecule has 3 rings (SSSR count). The second kappa shape index (κ2) is 8.05. The van der Waals surface area contributed by atoms with Gasteiger partial charge in [-0.3, -0.25) is 9.69 Å². The highest BCUT2D eigenvalue weighted by Crippen LogP contribution is 2.39. The van der Waals surface area contributed by atoms with Crippen LogP contribution in [0, 0.1) is 25.1 Å². The van der Waals surface area contributed by atoms with Crippen molar-refractivity contribution in [1.82, 2.24) is 9.80 Å². The van der Waals surface area contributed by atoms with Crippen molar-refractivity contribution in [2.24, 2.45) is 5.41 Å². The number of carbonyl (C=O) groups excluding carboxylic acids is 1. The lowest BCUT2D eigenvalue weighted by molar-refractivity contribution is -0.139. The number of nitrogens with zero attached hydrogens (tertiary/aromatic N) is 2. The molecule has 2 saturated heterocycles. The molecule has 2 heterocycles. The van der Waals surface area contributed by atoms with Gasteiger partial charge in [0.05, 0.1) is 0 Å². The molecular weight excluding hydrogens is 331 g/mol. The molecule has 1 aromatic rings. The summed E-state index contributed by atoms with van der Waals surface area (Å²) in [7, 11) is 0. The first-order valence-corrected chi connectivity index (χ1v) is 9.80. The van der Waals surface area contributed by atoms with Crippen LogP contribution < -0.4 is 0 Å². The molecular formula is C21H31FN2O2. The molecule has 0 saturated carbocycles. The number of hydrogen-bond acceptors (Lipinski definition) is 3. The fourth-order valence-electron chi connectivity index (χ4n) is 4.62. The minimum absolute atomic E-state index is 0.0901. The first-order chi connectivity index (χ1) is 12.4. The molecule has 144 valence electrons. The van der Waals surface area contributed by atoms with Gasteiger partial charge in [-0.2, -0.15) is 0 Å². The third kappa shape index (κ3) is 4.09. The maximum Gasteiger partial charge on any atom is 0.222 e. The van der Waals surface area contributed by atoms with E-state index in [0.29, 0.717) is 24.9 Å². The molecule has 1 atom stereocenters. The molecule has 0 aliphatic carbocycles. The molecule has 5 heteroatoms. The smallest absolute Gasteiger partial charge is 0.222 e. The van der Waals surface area contributed by atoms with Crippen LogP contribution in [0.4, 0.5) is 4.39 Å². The van der Waals surface area contributed by atoms with E-state index in [9.17, 15) is 9.18 Å². The van der Waals surface area contributed by atoms with Gasteiger partial charge in [0.2, 0.25) is 5.91 Å². The number of halogens is 1. The van der Waals surface area contributed by atoms with E-state index in [1.54, 1.807) is 0 Å². The average Bonchev–Trinajstić information content (AvgIpc) is 2.63. The summed E-state index contributed by atoms with van der Waals surface area (Å²) in [5, 5.41) is 9.08. The van der Waals surface area contributed by atoms with Crippen molar-refractivity contribution in [2.45, 2.75) is 52.5 Å². The molecule has 4 nitrogen and oxygen atoms in total. The zero-order chi connectivity index (χ0) is 18.7. The van der Waals surface area contributed by atoms with Gasteiger partial charge < -0.3 is 10.0 Å². The lowest BCUT2D eigenvalue weighted by Crippen LogP contribution is -2.54. The van der Waals surface area contributed by atoms with Crippen molar-refractivity contribution >= 4 is 5.91 Å². The summed E-state index contributed by atoms with van der Waals surface area (Å²) in [5.74, 6) is 0.130. The zero-order valence-corrected chi connectivity index (χ0v) is 16.1. The van der Waals surface area contributed by atoms with Gasteiger partial charge >= 0.3 is 0 Å². The van der Waals surface area contributed by atoms with E-state index < -0.39 is 0 Å².